The number of hydrogen-bond acceptors (Lipinski definition) is 5. The molecule has 6 nitrogen and oxygen atoms in total. The number of ether oxygens (including phenoxy) is 1. The molecule has 180 valence electrons. The molecule has 0 aliphatic carbocycles. The van der Waals surface area contributed by atoms with Crippen molar-refractivity contribution in [1.82, 2.24) is 4.90 Å². The number of fused-ring (bicyclic) bond motifs is 1. The molecule has 0 unspecified atom stereocenters. The van der Waals surface area contributed by atoms with Crippen LogP contribution in [0, 0.1) is 0 Å². The van der Waals surface area contributed by atoms with E-state index >= 15 is 0 Å². The summed E-state index contributed by atoms with van der Waals surface area (Å²) in [4.78, 5) is 26.9. The smallest absolute Gasteiger partial charge is 0.305 e. The minimum atomic E-state index is -0.258. The molecule has 4 rings (SSSR count). The molecule has 3 aromatic carbocycles. The average molecular weight is 490 g/mol. The van der Waals surface area contributed by atoms with Crippen molar-refractivity contribution in [3.63, 3.8) is 0 Å². The summed E-state index contributed by atoms with van der Waals surface area (Å²) in [5.41, 5.74) is 6.57. The molecule has 3 aromatic rings. The van der Waals surface area contributed by atoms with E-state index in [1.54, 1.807) is 12.1 Å². The van der Waals surface area contributed by atoms with E-state index in [4.69, 9.17) is 16.3 Å². The molecule has 0 bridgehead atoms. The van der Waals surface area contributed by atoms with Gasteiger partial charge < -0.3 is 20.3 Å². The Labute approximate surface area is 210 Å². The maximum atomic E-state index is 13.1. The van der Waals surface area contributed by atoms with E-state index < -0.39 is 0 Å². The topological polar surface area (TPSA) is 70.7 Å². The quantitative estimate of drug-likeness (QED) is 0.325. The molecule has 1 aliphatic heterocycles. The van der Waals surface area contributed by atoms with E-state index in [-0.39, 0.29) is 18.3 Å². The first kappa shape index (κ1) is 24.5. The second-order valence-corrected chi connectivity index (χ2v) is 9.17. The zero-order chi connectivity index (χ0) is 24.9. The molecule has 1 heterocycles. The molecule has 7 heteroatoms. The summed E-state index contributed by atoms with van der Waals surface area (Å²) in [6.07, 6.45) is 0.829. The van der Waals surface area contributed by atoms with Crippen LogP contribution in [0.5, 0.6) is 0 Å². The number of aryl methyl sites for hydroxylation is 1. The molecule has 1 amide bonds. The van der Waals surface area contributed by atoms with Gasteiger partial charge in [-0.1, -0.05) is 48.0 Å². The van der Waals surface area contributed by atoms with E-state index in [1.165, 1.54) is 12.7 Å². The Kier molecular flexibility index (Phi) is 7.54. The van der Waals surface area contributed by atoms with Crippen LogP contribution in [-0.4, -0.2) is 38.0 Å². The third-order valence-corrected chi connectivity index (χ3v) is 5.99. The summed E-state index contributed by atoms with van der Waals surface area (Å²) in [7, 11) is 5.45. The molecule has 0 fully saturated rings. The lowest BCUT2D eigenvalue weighted by Crippen LogP contribution is -2.11. The number of hydrogen-bond donors (Lipinski definition) is 2. The van der Waals surface area contributed by atoms with Gasteiger partial charge in [-0.05, 0) is 67.5 Å². The fourth-order valence-corrected chi connectivity index (χ4v) is 4.28. The first-order chi connectivity index (χ1) is 16.8. The molecular weight excluding hydrogens is 462 g/mol. The van der Waals surface area contributed by atoms with Crippen LogP contribution in [-0.2, 0) is 27.3 Å². The number of nitrogens with zero attached hydrogens (tertiary/aromatic N) is 1. The van der Waals surface area contributed by atoms with Gasteiger partial charge in [0, 0.05) is 29.2 Å². The number of amides is 1. The van der Waals surface area contributed by atoms with Crippen LogP contribution in [0.1, 0.15) is 28.7 Å². The zero-order valence-electron chi connectivity index (χ0n) is 20.0. The second kappa shape index (κ2) is 10.8. The molecule has 2 N–H and O–H groups in total. The van der Waals surface area contributed by atoms with Crippen LogP contribution < -0.4 is 10.6 Å². The predicted octanol–water partition coefficient (Wildman–Crippen LogP) is 5.44. The zero-order valence-corrected chi connectivity index (χ0v) is 20.8. The van der Waals surface area contributed by atoms with E-state index in [9.17, 15) is 9.59 Å². The number of methoxy groups -OCH3 is 1. The van der Waals surface area contributed by atoms with Crippen molar-refractivity contribution >= 4 is 46.1 Å². The lowest BCUT2D eigenvalue weighted by molar-refractivity contribution is -0.140. The number of benzene rings is 3. The maximum absolute atomic E-state index is 13.1. The maximum Gasteiger partial charge on any atom is 0.305 e. The van der Waals surface area contributed by atoms with Gasteiger partial charge in [0.05, 0.1) is 24.1 Å². The highest BCUT2D eigenvalue weighted by atomic mass is 35.5. The van der Waals surface area contributed by atoms with Gasteiger partial charge in [-0.2, -0.15) is 0 Å². The Balaban J connectivity index is 1.76. The second-order valence-electron chi connectivity index (χ2n) is 8.73. The Morgan fingerprint density at radius 2 is 1.80 bits per heavy atom. The fourth-order valence-electron chi connectivity index (χ4n) is 4.11. The van der Waals surface area contributed by atoms with Gasteiger partial charge in [0.25, 0.3) is 5.91 Å². The molecule has 0 atom stereocenters. The Bertz CT molecular complexity index is 1280. The van der Waals surface area contributed by atoms with Gasteiger partial charge in [0.15, 0.2) is 0 Å². The highest BCUT2D eigenvalue weighted by Gasteiger charge is 2.28. The number of carbonyl (C=O) groups is 2. The number of esters is 1. The van der Waals surface area contributed by atoms with Crippen molar-refractivity contribution in [2.45, 2.75) is 19.4 Å². The van der Waals surface area contributed by atoms with Crippen molar-refractivity contribution in [3.05, 3.63) is 94.0 Å². The highest BCUT2D eigenvalue weighted by Crippen LogP contribution is 2.39. The lowest BCUT2D eigenvalue weighted by Gasteiger charge is -2.17. The molecular formula is C28H28ClN3O3. The Hall–Kier alpha value is -3.61. The third-order valence-electron chi connectivity index (χ3n) is 5.76. The van der Waals surface area contributed by atoms with Crippen LogP contribution in [0.3, 0.4) is 0 Å². The van der Waals surface area contributed by atoms with Gasteiger partial charge in [0.2, 0.25) is 0 Å². The van der Waals surface area contributed by atoms with E-state index in [1.807, 2.05) is 56.6 Å². The normalized spacial score (nSPS) is 13.9. The Morgan fingerprint density at radius 3 is 2.51 bits per heavy atom. The Morgan fingerprint density at radius 1 is 1.03 bits per heavy atom. The summed E-state index contributed by atoms with van der Waals surface area (Å²) in [6, 6.07) is 21.4. The van der Waals surface area contributed by atoms with Crippen molar-refractivity contribution < 1.29 is 14.3 Å². The van der Waals surface area contributed by atoms with E-state index in [0.29, 0.717) is 28.4 Å². The van der Waals surface area contributed by atoms with Crippen molar-refractivity contribution in [1.29, 1.82) is 0 Å². The summed E-state index contributed by atoms with van der Waals surface area (Å²) < 4.78 is 4.78. The van der Waals surface area contributed by atoms with Gasteiger partial charge in [-0.15, -0.1) is 0 Å². The number of halogens is 1. The number of rotatable bonds is 8. The first-order valence-corrected chi connectivity index (χ1v) is 11.7. The molecule has 0 saturated carbocycles. The third kappa shape index (κ3) is 5.91. The molecule has 35 heavy (non-hydrogen) atoms. The average Bonchev–Trinajstić information content (AvgIpc) is 3.16. The van der Waals surface area contributed by atoms with Gasteiger partial charge >= 0.3 is 5.97 Å². The summed E-state index contributed by atoms with van der Waals surface area (Å²) in [5.74, 6) is -0.458. The summed E-state index contributed by atoms with van der Waals surface area (Å²) in [6.45, 7) is 0.840. The fraction of sp³-hybridized carbons (Fsp3) is 0.214. The monoisotopic (exact) mass is 489 g/mol. The summed E-state index contributed by atoms with van der Waals surface area (Å²) in [5, 5.41) is 6.97. The van der Waals surface area contributed by atoms with E-state index in [2.05, 4.69) is 27.7 Å². The van der Waals surface area contributed by atoms with Crippen molar-refractivity contribution in [2.75, 3.05) is 31.8 Å². The SMILES string of the molecule is COC(=O)CCc1cccc(C(Nc2ccc(CN(C)C)cc2)=C2C(=O)Nc3cc(Cl)ccc32)c1. The molecule has 0 saturated heterocycles. The van der Waals surface area contributed by atoms with E-state index in [0.717, 1.165) is 28.9 Å². The number of anilines is 2. The van der Waals surface area contributed by atoms with Crippen molar-refractivity contribution in [3.8, 4) is 0 Å². The van der Waals surface area contributed by atoms with Crippen molar-refractivity contribution in [2.24, 2.45) is 0 Å². The minimum absolute atomic E-state index is 0.200. The standard InChI is InChI=1S/C28H28ClN3O3/c1-32(2)17-19-7-11-22(12-8-19)30-27(20-6-4-5-18(15-20)9-14-25(33)35-3)26-23-13-10-21(29)16-24(23)31-28(26)34/h4-8,10-13,15-16,30H,9,14,17H2,1-3H3,(H,31,34). The van der Waals surface area contributed by atoms with Crippen LogP contribution in [0.4, 0.5) is 11.4 Å². The van der Waals surface area contributed by atoms with Gasteiger partial charge in [-0.3, -0.25) is 9.59 Å². The van der Waals surface area contributed by atoms with Gasteiger partial charge in [0.1, 0.15) is 0 Å². The number of carbonyl (C=O) groups excluding carboxylic acids is 2. The van der Waals surface area contributed by atoms with Gasteiger partial charge in [-0.25, -0.2) is 0 Å². The highest BCUT2D eigenvalue weighted by molar-refractivity contribution is 6.38. The first-order valence-electron chi connectivity index (χ1n) is 11.4. The van der Waals surface area contributed by atoms with Crippen LogP contribution in [0.15, 0.2) is 66.7 Å². The largest absolute Gasteiger partial charge is 0.469 e. The van der Waals surface area contributed by atoms with Crippen LogP contribution in [0.2, 0.25) is 5.02 Å². The molecule has 0 radical (unpaired) electrons. The van der Waals surface area contributed by atoms with Crippen LogP contribution in [0.25, 0.3) is 11.3 Å². The van der Waals surface area contributed by atoms with Crippen LogP contribution >= 0.6 is 11.6 Å². The molecule has 0 spiro atoms. The molecule has 1 aliphatic rings. The lowest BCUT2D eigenvalue weighted by atomic mass is 9.97. The minimum Gasteiger partial charge on any atom is -0.469 e. The predicted molar refractivity (Wildman–Crippen MR) is 141 cm³/mol. The summed E-state index contributed by atoms with van der Waals surface area (Å²) >= 11 is 6.16. The number of nitrogens with one attached hydrogen (secondary N) is 2. The molecule has 0 aromatic heterocycles.